The van der Waals surface area contributed by atoms with Crippen LogP contribution in [0.5, 0.6) is 0 Å². The second-order valence-corrected chi connectivity index (χ2v) is 2.34. The molecule has 0 aromatic carbocycles. The summed E-state index contributed by atoms with van der Waals surface area (Å²) in [5.74, 6) is 2.59. The van der Waals surface area contributed by atoms with Gasteiger partial charge in [0.05, 0.1) is 0 Å². The molecule has 0 unspecified atom stereocenters. The average Bonchev–Trinajstić information content (AvgIpc) is 2.03. The molecule has 0 N–H and O–H groups in total. The molecule has 11 heavy (non-hydrogen) atoms. The second-order valence-electron chi connectivity index (χ2n) is 2.34. The van der Waals surface area contributed by atoms with Crippen LogP contribution < -0.4 is 0 Å². The van der Waals surface area contributed by atoms with E-state index in [0.717, 1.165) is 24.1 Å². The number of hydrogen-bond donors (Lipinski definition) is 0. The van der Waals surface area contributed by atoms with Crippen LogP contribution in [0, 0.1) is 19.3 Å². The van der Waals surface area contributed by atoms with Gasteiger partial charge in [-0.05, 0) is 18.9 Å². The van der Waals surface area contributed by atoms with Crippen LogP contribution in [-0.4, -0.2) is 9.97 Å². The van der Waals surface area contributed by atoms with Crippen molar-refractivity contribution in [2.75, 3.05) is 0 Å². The quantitative estimate of drug-likeness (QED) is 0.588. The molecule has 0 amide bonds. The number of hydrogen-bond acceptors (Lipinski definition) is 2. The molecule has 1 heterocycles. The SMILES string of the molecule is C#CCCc1cncnc1C. The molecule has 2 heteroatoms. The molecule has 0 saturated heterocycles. The van der Waals surface area contributed by atoms with Gasteiger partial charge in [0.15, 0.2) is 0 Å². The Labute approximate surface area is 66.7 Å². The van der Waals surface area contributed by atoms with E-state index in [-0.39, 0.29) is 0 Å². The van der Waals surface area contributed by atoms with Gasteiger partial charge in [-0.2, -0.15) is 0 Å². The minimum atomic E-state index is 0.758. The van der Waals surface area contributed by atoms with Gasteiger partial charge in [0.25, 0.3) is 0 Å². The van der Waals surface area contributed by atoms with Crippen LogP contribution in [0.25, 0.3) is 0 Å². The maximum atomic E-state index is 5.14. The second kappa shape index (κ2) is 3.72. The van der Waals surface area contributed by atoms with Crippen LogP contribution in [0.4, 0.5) is 0 Å². The summed E-state index contributed by atoms with van der Waals surface area (Å²) in [7, 11) is 0. The van der Waals surface area contributed by atoms with Crippen LogP contribution >= 0.6 is 0 Å². The van der Waals surface area contributed by atoms with Gasteiger partial charge >= 0.3 is 0 Å². The normalized spacial score (nSPS) is 9.09. The highest BCUT2D eigenvalue weighted by atomic mass is 14.8. The van der Waals surface area contributed by atoms with Crippen molar-refractivity contribution in [3.8, 4) is 12.3 Å². The number of aromatic nitrogens is 2. The Morgan fingerprint density at radius 2 is 2.45 bits per heavy atom. The summed E-state index contributed by atoms with van der Waals surface area (Å²) >= 11 is 0. The van der Waals surface area contributed by atoms with Crippen molar-refractivity contribution >= 4 is 0 Å². The maximum Gasteiger partial charge on any atom is 0.115 e. The van der Waals surface area contributed by atoms with Gasteiger partial charge in [0.2, 0.25) is 0 Å². The molecule has 0 spiro atoms. The molecular weight excluding hydrogens is 136 g/mol. The summed E-state index contributed by atoms with van der Waals surface area (Å²) in [5, 5.41) is 0. The van der Waals surface area contributed by atoms with Gasteiger partial charge in [-0.1, -0.05) is 0 Å². The number of nitrogens with zero attached hydrogens (tertiary/aromatic N) is 2. The molecule has 0 fully saturated rings. The first-order valence-electron chi connectivity index (χ1n) is 3.53. The zero-order valence-corrected chi connectivity index (χ0v) is 6.54. The van der Waals surface area contributed by atoms with Gasteiger partial charge in [0.1, 0.15) is 6.33 Å². The van der Waals surface area contributed by atoms with E-state index in [1.807, 2.05) is 13.1 Å². The van der Waals surface area contributed by atoms with Crippen molar-refractivity contribution in [2.45, 2.75) is 19.8 Å². The molecule has 0 bridgehead atoms. The predicted octanol–water partition coefficient (Wildman–Crippen LogP) is 1.35. The van der Waals surface area contributed by atoms with Gasteiger partial charge in [0, 0.05) is 18.3 Å². The maximum absolute atomic E-state index is 5.14. The first-order valence-corrected chi connectivity index (χ1v) is 3.53. The molecule has 0 atom stereocenters. The van der Waals surface area contributed by atoms with Crippen molar-refractivity contribution in [1.82, 2.24) is 9.97 Å². The average molecular weight is 146 g/mol. The molecule has 0 aliphatic heterocycles. The molecule has 1 aromatic heterocycles. The van der Waals surface area contributed by atoms with Gasteiger partial charge in [-0.3, -0.25) is 0 Å². The van der Waals surface area contributed by atoms with Crippen LogP contribution in [0.3, 0.4) is 0 Å². The highest BCUT2D eigenvalue weighted by Gasteiger charge is 1.95. The lowest BCUT2D eigenvalue weighted by atomic mass is 10.1. The van der Waals surface area contributed by atoms with E-state index in [4.69, 9.17) is 6.42 Å². The minimum absolute atomic E-state index is 0.758. The Morgan fingerprint density at radius 3 is 3.09 bits per heavy atom. The molecular formula is C9H10N2. The zero-order chi connectivity index (χ0) is 8.10. The molecule has 1 aromatic rings. The fraction of sp³-hybridized carbons (Fsp3) is 0.333. The van der Waals surface area contributed by atoms with E-state index in [0.29, 0.717) is 0 Å². The lowest BCUT2D eigenvalue weighted by Crippen LogP contribution is -1.92. The largest absolute Gasteiger partial charge is 0.245 e. The monoisotopic (exact) mass is 146 g/mol. The summed E-state index contributed by atoms with van der Waals surface area (Å²) in [5.41, 5.74) is 2.17. The van der Waals surface area contributed by atoms with Gasteiger partial charge in [-0.25, -0.2) is 9.97 Å². The Morgan fingerprint density at radius 1 is 1.64 bits per heavy atom. The van der Waals surface area contributed by atoms with Crippen LogP contribution in [0.2, 0.25) is 0 Å². The number of rotatable bonds is 2. The molecule has 2 nitrogen and oxygen atoms in total. The van der Waals surface area contributed by atoms with Crippen LogP contribution in [0.1, 0.15) is 17.7 Å². The summed E-state index contributed by atoms with van der Waals surface area (Å²) in [6, 6.07) is 0. The molecule has 0 aliphatic rings. The molecule has 0 saturated carbocycles. The molecule has 56 valence electrons. The summed E-state index contributed by atoms with van der Waals surface area (Å²) in [6.07, 6.45) is 10.1. The third-order valence-corrected chi connectivity index (χ3v) is 1.55. The van der Waals surface area contributed by atoms with E-state index in [1.165, 1.54) is 0 Å². The first-order chi connectivity index (χ1) is 5.34. The van der Waals surface area contributed by atoms with Crippen LogP contribution in [0.15, 0.2) is 12.5 Å². The van der Waals surface area contributed by atoms with E-state index < -0.39 is 0 Å². The minimum Gasteiger partial charge on any atom is -0.245 e. The van der Waals surface area contributed by atoms with E-state index >= 15 is 0 Å². The highest BCUT2D eigenvalue weighted by Crippen LogP contribution is 2.03. The van der Waals surface area contributed by atoms with Crippen LogP contribution in [-0.2, 0) is 6.42 Å². The lowest BCUT2D eigenvalue weighted by Gasteiger charge is -1.98. The third-order valence-electron chi connectivity index (χ3n) is 1.55. The van der Waals surface area contributed by atoms with Crippen molar-refractivity contribution < 1.29 is 0 Å². The Balaban J connectivity index is 2.71. The number of terminal acetylenes is 1. The fourth-order valence-corrected chi connectivity index (χ4v) is 0.872. The van der Waals surface area contributed by atoms with Crippen molar-refractivity contribution in [3.05, 3.63) is 23.8 Å². The topological polar surface area (TPSA) is 25.8 Å². The Bertz CT molecular complexity index is 273. The fourth-order valence-electron chi connectivity index (χ4n) is 0.872. The molecule has 1 rings (SSSR count). The highest BCUT2D eigenvalue weighted by molar-refractivity contribution is 5.15. The predicted molar refractivity (Wildman–Crippen MR) is 43.9 cm³/mol. The molecule has 0 radical (unpaired) electrons. The zero-order valence-electron chi connectivity index (χ0n) is 6.54. The standard InChI is InChI=1S/C9H10N2/c1-3-4-5-9-6-10-7-11-8(9)2/h1,6-7H,4-5H2,2H3. The molecule has 0 aliphatic carbocycles. The van der Waals surface area contributed by atoms with Crippen molar-refractivity contribution in [3.63, 3.8) is 0 Å². The summed E-state index contributed by atoms with van der Waals surface area (Å²) in [6.45, 7) is 1.97. The Kier molecular flexibility index (Phi) is 2.62. The third kappa shape index (κ3) is 2.05. The smallest absolute Gasteiger partial charge is 0.115 e. The van der Waals surface area contributed by atoms with Crippen molar-refractivity contribution in [2.24, 2.45) is 0 Å². The van der Waals surface area contributed by atoms with E-state index in [9.17, 15) is 0 Å². The first kappa shape index (κ1) is 7.74. The Hall–Kier alpha value is -1.36. The van der Waals surface area contributed by atoms with Gasteiger partial charge < -0.3 is 0 Å². The van der Waals surface area contributed by atoms with Crippen molar-refractivity contribution in [1.29, 1.82) is 0 Å². The van der Waals surface area contributed by atoms with E-state index in [2.05, 4.69) is 15.9 Å². The van der Waals surface area contributed by atoms with E-state index in [1.54, 1.807) is 6.33 Å². The lowest BCUT2D eigenvalue weighted by molar-refractivity contribution is 0.949. The number of aryl methyl sites for hydroxylation is 2. The summed E-state index contributed by atoms with van der Waals surface area (Å²) < 4.78 is 0. The van der Waals surface area contributed by atoms with Gasteiger partial charge in [-0.15, -0.1) is 12.3 Å². The summed E-state index contributed by atoms with van der Waals surface area (Å²) in [4.78, 5) is 7.97.